The lowest BCUT2D eigenvalue weighted by Crippen LogP contribution is -2.44. The Morgan fingerprint density at radius 2 is 2.16 bits per heavy atom. The van der Waals surface area contributed by atoms with Crippen molar-refractivity contribution in [2.45, 2.75) is 31.5 Å². The summed E-state index contributed by atoms with van der Waals surface area (Å²) in [5, 5.41) is 9.33. The number of rotatable bonds is 2. The van der Waals surface area contributed by atoms with Gasteiger partial charge in [0.1, 0.15) is 5.75 Å². The lowest BCUT2D eigenvalue weighted by atomic mass is 10.0. The third kappa shape index (κ3) is 3.19. The Morgan fingerprint density at radius 1 is 1.42 bits per heavy atom. The number of carbonyl (C=O) groups is 1. The standard InChI is InChI=1S/C13H14F3NO2/c14-13(15,16)12(19)17-6-2-4-10(17)7-9-3-1-5-11(18)8-9/h1,3,5,8,10,18H,2,4,6-7H2/t10-/m0/s1. The van der Waals surface area contributed by atoms with Crippen LogP contribution >= 0.6 is 0 Å². The molecule has 0 bridgehead atoms. The molecule has 1 aromatic carbocycles. The molecule has 1 aromatic rings. The first-order valence-electron chi connectivity index (χ1n) is 6.03. The van der Waals surface area contributed by atoms with Crippen molar-refractivity contribution in [2.24, 2.45) is 0 Å². The van der Waals surface area contributed by atoms with Gasteiger partial charge in [-0.15, -0.1) is 0 Å². The monoisotopic (exact) mass is 273 g/mol. The van der Waals surface area contributed by atoms with Gasteiger partial charge in [-0.3, -0.25) is 4.79 Å². The second-order valence-corrected chi connectivity index (χ2v) is 4.67. The molecule has 1 amide bonds. The van der Waals surface area contributed by atoms with Crippen LogP contribution in [0.25, 0.3) is 0 Å². The summed E-state index contributed by atoms with van der Waals surface area (Å²) in [6.45, 7) is 0.141. The number of aromatic hydroxyl groups is 1. The van der Waals surface area contributed by atoms with Crippen molar-refractivity contribution in [3.63, 3.8) is 0 Å². The number of nitrogens with zero attached hydrogens (tertiary/aromatic N) is 1. The molecule has 1 aliphatic rings. The molecule has 1 saturated heterocycles. The highest BCUT2D eigenvalue weighted by molar-refractivity contribution is 5.82. The first-order valence-corrected chi connectivity index (χ1v) is 6.03. The number of hydrogen-bond acceptors (Lipinski definition) is 2. The fourth-order valence-electron chi connectivity index (χ4n) is 2.43. The van der Waals surface area contributed by atoms with Gasteiger partial charge < -0.3 is 10.0 Å². The second-order valence-electron chi connectivity index (χ2n) is 4.67. The molecule has 0 unspecified atom stereocenters. The van der Waals surface area contributed by atoms with Gasteiger partial charge in [0.15, 0.2) is 0 Å². The third-order valence-corrected chi connectivity index (χ3v) is 3.26. The van der Waals surface area contributed by atoms with Crippen molar-refractivity contribution in [2.75, 3.05) is 6.54 Å². The Labute approximate surface area is 108 Å². The van der Waals surface area contributed by atoms with E-state index < -0.39 is 18.1 Å². The van der Waals surface area contributed by atoms with Crippen molar-refractivity contribution in [1.29, 1.82) is 0 Å². The largest absolute Gasteiger partial charge is 0.508 e. The number of halogens is 3. The summed E-state index contributed by atoms with van der Waals surface area (Å²) in [6.07, 6.45) is -3.36. The molecule has 3 nitrogen and oxygen atoms in total. The fourth-order valence-corrected chi connectivity index (χ4v) is 2.43. The molecule has 0 aliphatic carbocycles. The molecule has 0 spiro atoms. The highest BCUT2D eigenvalue weighted by Crippen LogP contribution is 2.28. The molecule has 0 saturated carbocycles. The van der Waals surface area contributed by atoms with E-state index in [0.717, 1.165) is 10.5 Å². The van der Waals surface area contributed by atoms with Gasteiger partial charge in [0.2, 0.25) is 0 Å². The topological polar surface area (TPSA) is 40.5 Å². The number of phenols is 1. The Hall–Kier alpha value is -1.72. The minimum Gasteiger partial charge on any atom is -0.508 e. The van der Waals surface area contributed by atoms with E-state index in [0.29, 0.717) is 19.3 Å². The normalized spacial score (nSPS) is 19.7. The Bertz CT molecular complexity index is 473. The smallest absolute Gasteiger partial charge is 0.471 e. The van der Waals surface area contributed by atoms with Gasteiger partial charge >= 0.3 is 12.1 Å². The van der Waals surface area contributed by atoms with Gasteiger partial charge in [0.25, 0.3) is 0 Å². The average molecular weight is 273 g/mol. The van der Waals surface area contributed by atoms with E-state index >= 15 is 0 Å². The van der Waals surface area contributed by atoms with Crippen LogP contribution in [0, 0.1) is 0 Å². The molecule has 19 heavy (non-hydrogen) atoms. The highest BCUT2D eigenvalue weighted by atomic mass is 19.4. The molecule has 2 rings (SSSR count). The van der Waals surface area contributed by atoms with Crippen LogP contribution in [0.15, 0.2) is 24.3 Å². The number of benzene rings is 1. The maximum atomic E-state index is 12.4. The molecule has 1 atom stereocenters. The summed E-state index contributed by atoms with van der Waals surface area (Å²) in [4.78, 5) is 12.2. The molecule has 6 heteroatoms. The van der Waals surface area contributed by atoms with E-state index in [2.05, 4.69) is 0 Å². The molecule has 104 valence electrons. The van der Waals surface area contributed by atoms with Crippen LogP contribution < -0.4 is 0 Å². The molecule has 0 radical (unpaired) electrons. The van der Waals surface area contributed by atoms with Gasteiger partial charge in [-0.1, -0.05) is 12.1 Å². The van der Waals surface area contributed by atoms with E-state index in [4.69, 9.17) is 0 Å². The van der Waals surface area contributed by atoms with E-state index in [9.17, 15) is 23.1 Å². The third-order valence-electron chi connectivity index (χ3n) is 3.26. The number of carbonyl (C=O) groups excluding carboxylic acids is 1. The lowest BCUT2D eigenvalue weighted by Gasteiger charge is -2.25. The lowest BCUT2D eigenvalue weighted by molar-refractivity contribution is -0.186. The van der Waals surface area contributed by atoms with E-state index in [1.807, 2.05) is 0 Å². The van der Waals surface area contributed by atoms with Crippen LogP contribution in [0.4, 0.5) is 13.2 Å². The van der Waals surface area contributed by atoms with Gasteiger partial charge in [-0.2, -0.15) is 13.2 Å². The second kappa shape index (κ2) is 5.11. The first-order chi connectivity index (χ1) is 8.88. The predicted octanol–water partition coefficient (Wildman–Crippen LogP) is 2.49. The molecule has 1 heterocycles. The Morgan fingerprint density at radius 3 is 2.79 bits per heavy atom. The van der Waals surface area contributed by atoms with Crippen molar-refractivity contribution < 1.29 is 23.1 Å². The molecular formula is C13H14F3NO2. The number of phenolic OH excluding ortho intramolecular Hbond substituents is 1. The Balaban J connectivity index is 2.09. The zero-order chi connectivity index (χ0) is 14.0. The van der Waals surface area contributed by atoms with Crippen LogP contribution in [0.1, 0.15) is 18.4 Å². The zero-order valence-corrected chi connectivity index (χ0v) is 10.2. The molecular weight excluding hydrogens is 259 g/mol. The Kier molecular flexibility index (Phi) is 3.68. The summed E-state index contributed by atoms with van der Waals surface area (Å²) in [7, 11) is 0. The molecule has 1 aliphatic heterocycles. The van der Waals surface area contributed by atoms with Gasteiger partial charge in [0.05, 0.1) is 0 Å². The van der Waals surface area contributed by atoms with Gasteiger partial charge in [-0.25, -0.2) is 0 Å². The maximum absolute atomic E-state index is 12.4. The van der Waals surface area contributed by atoms with Gasteiger partial charge in [0, 0.05) is 12.6 Å². The summed E-state index contributed by atoms with van der Waals surface area (Å²) < 4.78 is 37.3. The van der Waals surface area contributed by atoms with E-state index in [1.165, 1.54) is 12.1 Å². The highest BCUT2D eigenvalue weighted by Gasteiger charge is 2.45. The summed E-state index contributed by atoms with van der Waals surface area (Å²) in [5.41, 5.74) is 0.729. The maximum Gasteiger partial charge on any atom is 0.471 e. The zero-order valence-electron chi connectivity index (χ0n) is 10.2. The number of likely N-dealkylation sites (tertiary alicyclic amines) is 1. The van der Waals surface area contributed by atoms with Crippen LogP contribution in [-0.4, -0.2) is 34.7 Å². The minimum absolute atomic E-state index is 0.0733. The van der Waals surface area contributed by atoms with Crippen molar-refractivity contribution in [1.82, 2.24) is 4.90 Å². The average Bonchev–Trinajstić information content (AvgIpc) is 2.74. The van der Waals surface area contributed by atoms with Crippen LogP contribution in [-0.2, 0) is 11.2 Å². The van der Waals surface area contributed by atoms with E-state index in [1.54, 1.807) is 12.1 Å². The molecule has 0 aromatic heterocycles. The minimum atomic E-state index is -4.82. The number of hydrogen-bond donors (Lipinski definition) is 1. The summed E-state index contributed by atoms with van der Waals surface area (Å²) >= 11 is 0. The molecule has 1 N–H and O–H groups in total. The SMILES string of the molecule is O=C(N1CCC[C@H]1Cc1cccc(O)c1)C(F)(F)F. The van der Waals surface area contributed by atoms with Crippen LogP contribution in [0.2, 0.25) is 0 Å². The van der Waals surface area contributed by atoms with E-state index in [-0.39, 0.29) is 12.3 Å². The van der Waals surface area contributed by atoms with Crippen molar-refractivity contribution in [3.8, 4) is 5.75 Å². The quantitative estimate of drug-likeness (QED) is 0.899. The number of amides is 1. The number of alkyl halides is 3. The summed E-state index contributed by atoms with van der Waals surface area (Å²) in [6, 6.07) is 5.92. The van der Waals surface area contributed by atoms with Crippen molar-refractivity contribution >= 4 is 5.91 Å². The first kappa shape index (κ1) is 13.7. The molecule has 1 fully saturated rings. The van der Waals surface area contributed by atoms with Gasteiger partial charge in [-0.05, 0) is 37.0 Å². The van der Waals surface area contributed by atoms with Crippen LogP contribution in [0.3, 0.4) is 0 Å². The van der Waals surface area contributed by atoms with Crippen LogP contribution in [0.5, 0.6) is 5.75 Å². The predicted molar refractivity (Wildman–Crippen MR) is 62.6 cm³/mol. The fraction of sp³-hybridized carbons (Fsp3) is 0.462. The summed E-state index contributed by atoms with van der Waals surface area (Å²) in [5.74, 6) is -1.70. The van der Waals surface area contributed by atoms with Crippen molar-refractivity contribution in [3.05, 3.63) is 29.8 Å².